The fourth-order valence-electron chi connectivity index (χ4n) is 4.47. The lowest BCUT2D eigenvalue weighted by molar-refractivity contribution is -0.133. The molecule has 5 heteroatoms. The molecule has 2 fully saturated rings. The summed E-state index contributed by atoms with van der Waals surface area (Å²) >= 11 is 0. The van der Waals surface area contributed by atoms with E-state index in [0.29, 0.717) is 30.4 Å². The van der Waals surface area contributed by atoms with Gasteiger partial charge in [-0.3, -0.25) is 14.7 Å². The van der Waals surface area contributed by atoms with Gasteiger partial charge in [0.25, 0.3) is 0 Å². The van der Waals surface area contributed by atoms with Crippen LogP contribution in [0.1, 0.15) is 54.8 Å². The lowest BCUT2D eigenvalue weighted by Gasteiger charge is -2.34. The van der Waals surface area contributed by atoms with E-state index in [1.807, 2.05) is 23.2 Å². The molecule has 4 nitrogen and oxygen atoms in total. The van der Waals surface area contributed by atoms with Crippen molar-refractivity contribution in [1.82, 2.24) is 14.8 Å². The largest absolute Gasteiger partial charge is 0.342 e. The van der Waals surface area contributed by atoms with Crippen LogP contribution in [0, 0.1) is 5.82 Å². The molecule has 29 heavy (non-hydrogen) atoms. The summed E-state index contributed by atoms with van der Waals surface area (Å²) in [6, 6.07) is 11.1. The molecule has 0 spiro atoms. The van der Waals surface area contributed by atoms with E-state index in [9.17, 15) is 9.18 Å². The molecule has 4 rings (SSSR count). The molecule has 154 valence electrons. The van der Waals surface area contributed by atoms with Crippen molar-refractivity contribution in [2.24, 2.45) is 0 Å². The van der Waals surface area contributed by atoms with Crippen LogP contribution >= 0.6 is 0 Å². The number of amides is 1. The lowest BCUT2D eigenvalue weighted by Crippen LogP contribution is -2.44. The monoisotopic (exact) mass is 395 g/mol. The first-order chi connectivity index (χ1) is 14.2. The quantitative estimate of drug-likeness (QED) is 0.768. The third-order valence-electron chi connectivity index (χ3n) is 6.27. The highest BCUT2D eigenvalue weighted by Crippen LogP contribution is 2.27. The molecular formula is C24H30FN3O. The maximum absolute atomic E-state index is 13.8. The zero-order valence-corrected chi connectivity index (χ0v) is 17.0. The van der Waals surface area contributed by atoms with Gasteiger partial charge in [-0.25, -0.2) is 4.39 Å². The Hall–Kier alpha value is -2.27. The molecule has 0 radical (unpaired) electrons. The van der Waals surface area contributed by atoms with Gasteiger partial charge in [0.2, 0.25) is 5.91 Å². The van der Waals surface area contributed by atoms with Crippen molar-refractivity contribution in [1.29, 1.82) is 0 Å². The first-order valence-electron chi connectivity index (χ1n) is 10.9. The standard InChI is InChI=1S/C24H30FN3O/c25-22-7-3-2-6-21(22)16-19-8-9-23(26-17-19)20-10-14-27(15-11-20)18-24(29)28-12-4-1-5-13-28/h2-3,6-9,17,20H,1,4-5,10-16,18H2. The van der Waals surface area contributed by atoms with Gasteiger partial charge in [0.15, 0.2) is 0 Å². The minimum atomic E-state index is -0.164. The van der Waals surface area contributed by atoms with Gasteiger partial charge in [0, 0.05) is 37.3 Å². The third kappa shape index (κ3) is 5.21. The maximum atomic E-state index is 13.8. The van der Waals surface area contributed by atoms with Gasteiger partial charge >= 0.3 is 0 Å². The predicted molar refractivity (Wildman–Crippen MR) is 112 cm³/mol. The minimum Gasteiger partial charge on any atom is -0.342 e. The Morgan fingerprint density at radius 1 is 1.00 bits per heavy atom. The number of rotatable bonds is 5. The van der Waals surface area contributed by atoms with Crippen LogP contribution in [0.25, 0.3) is 0 Å². The first kappa shape index (κ1) is 20.0. The summed E-state index contributed by atoms with van der Waals surface area (Å²) in [5.74, 6) is 0.570. The van der Waals surface area contributed by atoms with Gasteiger partial charge in [-0.1, -0.05) is 24.3 Å². The van der Waals surface area contributed by atoms with Crippen LogP contribution in [0.15, 0.2) is 42.6 Å². The van der Waals surface area contributed by atoms with Crippen molar-refractivity contribution in [3.63, 3.8) is 0 Å². The zero-order chi connectivity index (χ0) is 20.1. The van der Waals surface area contributed by atoms with Crippen molar-refractivity contribution in [2.45, 2.75) is 44.4 Å². The molecule has 0 aliphatic carbocycles. The summed E-state index contributed by atoms with van der Waals surface area (Å²) in [6.07, 6.45) is 8.06. The minimum absolute atomic E-state index is 0.164. The summed E-state index contributed by atoms with van der Waals surface area (Å²) in [5, 5.41) is 0. The maximum Gasteiger partial charge on any atom is 0.236 e. The number of hydrogen-bond donors (Lipinski definition) is 0. The van der Waals surface area contributed by atoms with E-state index in [-0.39, 0.29) is 5.82 Å². The van der Waals surface area contributed by atoms with E-state index in [1.54, 1.807) is 6.07 Å². The van der Waals surface area contributed by atoms with Gasteiger partial charge in [-0.15, -0.1) is 0 Å². The summed E-state index contributed by atoms with van der Waals surface area (Å²) in [6.45, 7) is 4.31. The SMILES string of the molecule is O=C(CN1CCC(c2ccc(Cc3ccccc3F)cn2)CC1)N1CCCCC1. The van der Waals surface area contributed by atoms with E-state index in [1.165, 1.54) is 12.5 Å². The van der Waals surface area contributed by atoms with Crippen LogP contribution in [0.3, 0.4) is 0 Å². The lowest BCUT2D eigenvalue weighted by atomic mass is 9.92. The van der Waals surface area contributed by atoms with Crippen LogP contribution < -0.4 is 0 Å². The van der Waals surface area contributed by atoms with Crippen molar-refractivity contribution in [3.05, 3.63) is 65.2 Å². The number of benzene rings is 1. The Balaban J connectivity index is 1.27. The molecule has 0 atom stereocenters. The Morgan fingerprint density at radius 2 is 1.76 bits per heavy atom. The molecule has 1 amide bonds. The smallest absolute Gasteiger partial charge is 0.236 e. The number of aromatic nitrogens is 1. The van der Waals surface area contributed by atoms with Gasteiger partial charge in [-0.05, 0) is 68.5 Å². The van der Waals surface area contributed by atoms with E-state index < -0.39 is 0 Å². The van der Waals surface area contributed by atoms with E-state index >= 15 is 0 Å². The highest BCUT2D eigenvalue weighted by molar-refractivity contribution is 5.78. The first-order valence-corrected chi connectivity index (χ1v) is 10.9. The van der Waals surface area contributed by atoms with Crippen LogP contribution in [0.4, 0.5) is 4.39 Å². The Morgan fingerprint density at radius 3 is 2.45 bits per heavy atom. The highest BCUT2D eigenvalue weighted by atomic mass is 19.1. The van der Waals surface area contributed by atoms with E-state index in [4.69, 9.17) is 0 Å². The molecule has 0 unspecified atom stereocenters. The second-order valence-corrected chi connectivity index (χ2v) is 8.35. The Labute approximate surface area is 172 Å². The summed E-state index contributed by atoms with van der Waals surface area (Å²) < 4.78 is 13.8. The highest BCUT2D eigenvalue weighted by Gasteiger charge is 2.25. The van der Waals surface area contributed by atoms with E-state index in [2.05, 4.69) is 22.0 Å². The third-order valence-corrected chi connectivity index (χ3v) is 6.27. The molecule has 1 aromatic heterocycles. The molecule has 0 saturated carbocycles. The van der Waals surface area contributed by atoms with Crippen LogP contribution in [-0.4, -0.2) is 53.4 Å². The molecule has 2 saturated heterocycles. The Kier molecular flexibility index (Phi) is 6.55. The topological polar surface area (TPSA) is 36.4 Å². The van der Waals surface area contributed by atoms with Crippen molar-refractivity contribution in [2.75, 3.05) is 32.7 Å². The second-order valence-electron chi connectivity index (χ2n) is 8.35. The molecule has 0 bridgehead atoms. The number of halogens is 1. The van der Waals surface area contributed by atoms with Crippen LogP contribution in [0.2, 0.25) is 0 Å². The molecule has 0 N–H and O–H groups in total. The number of piperidine rings is 2. The molecule has 1 aromatic carbocycles. The van der Waals surface area contributed by atoms with Gasteiger partial charge in [-0.2, -0.15) is 0 Å². The number of pyridine rings is 1. The molecular weight excluding hydrogens is 365 g/mol. The normalized spacial score (nSPS) is 18.7. The van der Waals surface area contributed by atoms with Crippen LogP contribution in [-0.2, 0) is 11.2 Å². The van der Waals surface area contributed by atoms with Crippen molar-refractivity contribution in [3.8, 4) is 0 Å². The zero-order valence-electron chi connectivity index (χ0n) is 17.0. The number of carbonyl (C=O) groups is 1. The number of carbonyl (C=O) groups excluding carboxylic acids is 1. The fraction of sp³-hybridized carbons (Fsp3) is 0.500. The number of likely N-dealkylation sites (tertiary alicyclic amines) is 2. The molecule has 3 heterocycles. The van der Waals surface area contributed by atoms with Crippen LogP contribution in [0.5, 0.6) is 0 Å². The molecule has 2 aliphatic rings. The van der Waals surface area contributed by atoms with Gasteiger partial charge < -0.3 is 4.90 Å². The Bertz CT molecular complexity index is 809. The van der Waals surface area contributed by atoms with Crippen molar-refractivity contribution < 1.29 is 9.18 Å². The molecule has 2 aromatic rings. The van der Waals surface area contributed by atoms with E-state index in [0.717, 1.165) is 63.1 Å². The average molecular weight is 396 g/mol. The molecule has 2 aliphatic heterocycles. The number of hydrogen-bond acceptors (Lipinski definition) is 3. The fourth-order valence-corrected chi connectivity index (χ4v) is 4.47. The summed E-state index contributed by atoms with van der Waals surface area (Å²) in [7, 11) is 0. The summed E-state index contributed by atoms with van der Waals surface area (Å²) in [5.41, 5.74) is 2.85. The number of nitrogens with zero attached hydrogens (tertiary/aromatic N) is 3. The predicted octanol–water partition coefficient (Wildman–Crippen LogP) is 4.00. The van der Waals surface area contributed by atoms with Gasteiger partial charge in [0.05, 0.1) is 6.54 Å². The second kappa shape index (κ2) is 9.49. The summed E-state index contributed by atoms with van der Waals surface area (Å²) in [4.78, 5) is 21.5. The average Bonchev–Trinajstić information content (AvgIpc) is 2.77. The van der Waals surface area contributed by atoms with Crippen molar-refractivity contribution >= 4 is 5.91 Å². The van der Waals surface area contributed by atoms with Gasteiger partial charge in [0.1, 0.15) is 5.82 Å².